The largest absolute Gasteiger partial charge is 0.488 e. The van der Waals surface area contributed by atoms with Crippen molar-refractivity contribution in [3.8, 4) is 5.75 Å². The molecule has 1 aliphatic rings. The zero-order valence-corrected chi connectivity index (χ0v) is 13.7. The number of rotatable bonds is 6. The second-order valence-corrected chi connectivity index (χ2v) is 5.94. The third kappa shape index (κ3) is 4.25. The third-order valence-electron chi connectivity index (χ3n) is 4.13. The first kappa shape index (κ1) is 17.2. The fourth-order valence-corrected chi connectivity index (χ4v) is 2.83. The van der Waals surface area contributed by atoms with Crippen LogP contribution >= 0.6 is 0 Å². The van der Waals surface area contributed by atoms with Crippen LogP contribution in [0.15, 0.2) is 54.1 Å². The topological polar surface area (TPSA) is 58.6 Å². The van der Waals surface area contributed by atoms with E-state index in [1.54, 1.807) is 12.1 Å². The highest BCUT2D eigenvalue weighted by Crippen LogP contribution is 2.27. The van der Waals surface area contributed by atoms with Gasteiger partial charge in [0, 0.05) is 12.2 Å². The van der Waals surface area contributed by atoms with Gasteiger partial charge in [-0.15, -0.1) is 0 Å². The second kappa shape index (κ2) is 7.94. The van der Waals surface area contributed by atoms with Crippen molar-refractivity contribution in [2.24, 2.45) is 0 Å². The molecule has 0 radical (unpaired) electrons. The highest BCUT2D eigenvalue weighted by atomic mass is 19.1. The monoisotopic (exact) mass is 341 g/mol. The van der Waals surface area contributed by atoms with Crippen LogP contribution in [0.4, 0.5) is 4.39 Å². The minimum atomic E-state index is -0.370. The van der Waals surface area contributed by atoms with Gasteiger partial charge in [-0.05, 0) is 42.7 Å². The lowest BCUT2D eigenvalue weighted by Crippen LogP contribution is -2.32. The smallest absolute Gasteiger partial charge is 0.251 e. The molecule has 0 saturated carbocycles. The number of benzene rings is 2. The van der Waals surface area contributed by atoms with Crippen LogP contribution in [0.1, 0.15) is 30.0 Å². The molecule has 2 aromatic rings. The van der Waals surface area contributed by atoms with Crippen LogP contribution in [-0.4, -0.2) is 24.2 Å². The predicted octanol–water partition coefficient (Wildman–Crippen LogP) is 3.23. The van der Waals surface area contributed by atoms with Crippen molar-refractivity contribution in [1.82, 2.24) is 5.32 Å². The first-order chi connectivity index (χ1) is 12.2. The fraction of sp³-hybridized carbons (Fsp3) is 0.250. The van der Waals surface area contributed by atoms with Crippen molar-refractivity contribution in [1.29, 1.82) is 0 Å². The maximum absolute atomic E-state index is 13.4. The molecule has 0 spiro atoms. The number of aliphatic hydroxyl groups is 1. The molecule has 130 valence electrons. The zero-order chi connectivity index (χ0) is 17.6. The van der Waals surface area contributed by atoms with Gasteiger partial charge in [0.25, 0.3) is 5.91 Å². The number of carbonyl (C=O) groups is 1. The number of halogens is 1. The number of hydrogen-bond acceptors (Lipinski definition) is 3. The molecule has 3 rings (SSSR count). The van der Waals surface area contributed by atoms with E-state index in [9.17, 15) is 9.18 Å². The summed E-state index contributed by atoms with van der Waals surface area (Å²) in [6.07, 6.45) is 2.88. The van der Waals surface area contributed by atoms with E-state index in [2.05, 4.69) is 5.32 Å². The molecule has 25 heavy (non-hydrogen) atoms. The highest BCUT2D eigenvalue weighted by molar-refractivity contribution is 5.99. The van der Waals surface area contributed by atoms with E-state index < -0.39 is 0 Å². The molecule has 0 saturated heterocycles. The third-order valence-corrected chi connectivity index (χ3v) is 4.13. The van der Waals surface area contributed by atoms with E-state index in [-0.39, 0.29) is 31.0 Å². The maximum Gasteiger partial charge on any atom is 0.251 e. The van der Waals surface area contributed by atoms with Gasteiger partial charge in [0.15, 0.2) is 0 Å². The number of aliphatic hydroxyl groups excluding tert-OH is 1. The van der Waals surface area contributed by atoms with E-state index in [1.165, 1.54) is 12.1 Å². The summed E-state index contributed by atoms with van der Waals surface area (Å²) in [4.78, 5) is 12.6. The number of hydrogen-bond donors (Lipinski definition) is 2. The summed E-state index contributed by atoms with van der Waals surface area (Å²) in [5.41, 5.74) is 1.99. The molecule has 1 unspecified atom stereocenters. The van der Waals surface area contributed by atoms with Crippen molar-refractivity contribution in [2.45, 2.75) is 18.9 Å². The van der Waals surface area contributed by atoms with Crippen LogP contribution in [0.3, 0.4) is 0 Å². The van der Waals surface area contributed by atoms with Gasteiger partial charge < -0.3 is 15.2 Å². The lowest BCUT2D eigenvalue weighted by atomic mass is 10.0. The van der Waals surface area contributed by atoms with Gasteiger partial charge in [0.1, 0.15) is 18.2 Å². The molecule has 4 nitrogen and oxygen atoms in total. The standard InChI is InChI=1S/C20H20FNO3/c21-17-8-9-19-15(12-17)11-16(13-25-19)20(24)22-18(7-4-10-23)14-5-2-1-3-6-14/h1-3,5-6,8-9,11-12,18,23H,4,7,10,13H2,(H,22,24). The van der Waals surface area contributed by atoms with Crippen molar-refractivity contribution < 1.29 is 19.0 Å². The molecule has 0 aliphatic carbocycles. The van der Waals surface area contributed by atoms with E-state index in [1.807, 2.05) is 30.3 Å². The molecule has 1 atom stereocenters. The van der Waals surface area contributed by atoms with Crippen LogP contribution in [0.2, 0.25) is 0 Å². The Morgan fingerprint density at radius 3 is 2.80 bits per heavy atom. The fourth-order valence-electron chi connectivity index (χ4n) is 2.83. The van der Waals surface area contributed by atoms with Crippen molar-refractivity contribution in [2.75, 3.05) is 13.2 Å². The Morgan fingerprint density at radius 1 is 1.24 bits per heavy atom. The summed E-state index contributed by atoms with van der Waals surface area (Å²) in [5.74, 6) is -0.0510. The van der Waals surface area contributed by atoms with Gasteiger partial charge in [0.2, 0.25) is 0 Å². The Balaban J connectivity index is 1.77. The van der Waals surface area contributed by atoms with Gasteiger partial charge in [-0.1, -0.05) is 30.3 Å². The van der Waals surface area contributed by atoms with Crippen molar-refractivity contribution in [3.05, 3.63) is 71.0 Å². The first-order valence-corrected chi connectivity index (χ1v) is 8.27. The molecule has 1 aliphatic heterocycles. The molecule has 1 heterocycles. The lowest BCUT2D eigenvalue weighted by molar-refractivity contribution is -0.118. The zero-order valence-electron chi connectivity index (χ0n) is 13.7. The Labute approximate surface area is 145 Å². The summed E-state index contributed by atoms with van der Waals surface area (Å²) in [6.45, 7) is 0.212. The Hall–Kier alpha value is -2.66. The van der Waals surface area contributed by atoms with Crippen LogP contribution < -0.4 is 10.1 Å². The molecule has 0 aromatic heterocycles. The lowest BCUT2D eigenvalue weighted by Gasteiger charge is -2.22. The second-order valence-electron chi connectivity index (χ2n) is 5.94. The minimum Gasteiger partial charge on any atom is -0.488 e. The number of carbonyl (C=O) groups excluding carboxylic acids is 1. The predicted molar refractivity (Wildman–Crippen MR) is 93.5 cm³/mol. The number of fused-ring (bicyclic) bond motifs is 1. The molecule has 2 aromatic carbocycles. The van der Waals surface area contributed by atoms with Gasteiger partial charge in [0.05, 0.1) is 11.6 Å². The maximum atomic E-state index is 13.4. The SMILES string of the molecule is O=C(NC(CCCO)c1ccccc1)C1=Cc2cc(F)ccc2OC1. The summed E-state index contributed by atoms with van der Waals surface area (Å²) < 4.78 is 18.9. The Kier molecular flexibility index (Phi) is 5.46. The molecule has 0 fully saturated rings. The van der Waals surface area contributed by atoms with Crippen LogP contribution in [0.5, 0.6) is 5.75 Å². The normalized spacial score (nSPS) is 14.1. The van der Waals surface area contributed by atoms with E-state index in [0.29, 0.717) is 29.7 Å². The van der Waals surface area contributed by atoms with Crippen LogP contribution in [0.25, 0.3) is 6.08 Å². The molecule has 2 N–H and O–H groups in total. The Bertz CT molecular complexity index is 774. The highest BCUT2D eigenvalue weighted by Gasteiger charge is 2.21. The molecule has 5 heteroatoms. The number of amides is 1. The van der Waals surface area contributed by atoms with E-state index in [4.69, 9.17) is 9.84 Å². The molecule has 1 amide bonds. The van der Waals surface area contributed by atoms with Gasteiger partial charge >= 0.3 is 0 Å². The number of nitrogens with one attached hydrogen (secondary N) is 1. The van der Waals surface area contributed by atoms with Crippen molar-refractivity contribution >= 4 is 12.0 Å². The molecular formula is C20H20FNO3. The quantitative estimate of drug-likeness (QED) is 0.848. The minimum absolute atomic E-state index is 0.0671. The Morgan fingerprint density at radius 2 is 2.04 bits per heavy atom. The van der Waals surface area contributed by atoms with Gasteiger partial charge in [-0.2, -0.15) is 0 Å². The van der Waals surface area contributed by atoms with Crippen LogP contribution in [0, 0.1) is 5.82 Å². The summed E-state index contributed by atoms with van der Waals surface area (Å²) in [7, 11) is 0. The van der Waals surface area contributed by atoms with E-state index >= 15 is 0 Å². The van der Waals surface area contributed by atoms with Gasteiger partial charge in [-0.3, -0.25) is 4.79 Å². The average Bonchev–Trinajstić information content (AvgIpc) is 2.65. The summed E-state index contributed by atoms with van der Waals surface area (Å²) in [5, 5.41) is 12.1. The van der Waals surface area contributed by atoms with Gasteiger partial charge in [-0.25, -0.2) is 4.39 Å². The summed E-state index contributed by atoms with van der Waals surface area (Å²) >= 11 is 0. The average molecular weight is 341 g/mol. The van der Waals surface area contributed by atoms with E-state index in [0.717, 1.165) is 5.56 Å². The van der Waals surface area contributed by atoms with Crippen molar-refractivity contribution in [3.63, 3.8) is 0 Å². The molecular weight excluding hydrogens is 321 g/mol. The van der Waals surface area contributed by atoms with Crippen LogP contribution in [-0.2, 0) is 4.79 Å². The first-order valence-electron chi connectivity index (χ1n) is 8.27. The summed E-state index contributed by atoms with van der Waals surface area (Å²) in [6, 6.07) is 13.7. The molecule has 0 bridgehead atoms. The number of ether oxygens (including phenoxy) is 1.